The lowest BCUT2D eigenvalue weighted by Crippen LogP contribution is -2.16. The van der Waals surface area contributed by atoms with Gasteiger partial charge in [0.05, 0.1) is 11.3 Å². The molecule has 0 heterocycles. The fraction of sp³-hybridized carbons (Fsp3) is 0.125. The smallest absolute Gasteiger partial charge is 0.226 e. The summed E-state index contributed by atoms with van der Waals surface area (Å²) in [6.45, 7) is 0.314. The molecule has 2 N–H and O–H groups in total. The van der Waals surface area contributed by atoms with E-state index in [0.717, 1.165) is 12.1 Å². The van der Waals surface area contributed by atoms with Crippen LogP contribution in [0.3, 0.4) is 0 Å². The van der Waals surface area contributed by atoms with Crippen molar-refractivity contribution < 1.29 is 13.6 Å². The largest absolute Gasteiger partial charge is 0.383 e. The number of rotatable bonds is 5. The van der Waals surface area contributed by atoms with Crippen molar-refractivity contribution in [1.29, 1.82) is 5.26 Å². The Balaban J connectivity index is 1.85. The number of anilines is 2. The van der Waals surface area contributed by atoms with Crippen LogP contribution in [-0.2, 0) is 4.79 Å². The monoisotopic (exact) mass is 301 g/mol. The van der Waals surface area contributed by atoms with Crippen molar-refractivity contribution in [3.05, 3.63) is 59.7 Å². The third kappa shape index (κ3) is 4.03. The highest BCUT2D eigenvalue weighted by Gasteiger charge is 2.07. The maximum absolute atomic E-state index is 13.0. The topological polar surface area (TPSA) is 64.9 Å². The second-order valence-electron chi connectivity index (χ2n) is 4.51. The molecule has 0 aliphatic rings. The molecule has 0 unspecified atom stereocenters. The molecular formula is C16H13F2N3O. The van der Waals surface area contributed by atoms with Crippen LogP contribution in [0.5, 0.6) is 0 Å². The third-order valence-corrected chi connectivity index (χ3v) is 2.92. The lowest BCUT2D eigenvalue weighted by Gasteiger charge is -2.09. The molecule has 0 aromatic heterocycles. The van der Waals surface area contributed by atoms with E-state index in [1.807, 2.05) is 6.07 Å². The van der Waals surface area contributed by atoms with Gasteiger partial charge in [-0.3, -0.25) is 4.79 Å². The maximum atomic E-state index is 13.0. The summed E-state index contributed by atoms with van der Waals surface area (Å²) in [6.07, 6.45) is 0.124. The lowest BCUT2D eigenvalue weighted by atomic mass is 10.2. The highest BCUT2D eigenvalue weighted by molar-refractivity contribution is 5.91. The van der Waals surface area contributed by atoms with E-state index in [9.17, 15) is 13.6 Å². The highest BCUT2D eigenvalue weighted by Crippen LogP contribution is 2.14. The molecule has 22 heavy (non-hydrogen) atoms. The summed E-state index contributed by atoms with van der Waals surface area (Å²) >= 11 is 0. The molecule has 112 valence electrons. The molecule has 0 aliphatic heterocycles. The number of hydrogen-bond acceptors (Lipinski definition) is 3. The maximum Gasteiger partial charge on any atom is 0.226 e. The van der Waals surface area contributed by atoms with Crippen molar-refractivity contribution in [3.63, 3.8) is 0 Å². The van der Waals surface area contributed by atoms with Gasteiger partial charge in [0.1, 0.15) is 6.07 Å². The van der Waals surface area contributed by atoms with Crippen LogP contribution in [0.2, 0.25) is 0 Å². The number of hydrogen-bond donors (Lipinski definition) is 2. The van der Waals surface area contributed by atoms with Gasteiger partial charge in [0.25, 0.3) is 0 Å². The fourth-order valence-electron chi connectivity index (χ4n) is 1.84. The zero-order chi connectivity index (χ0) is 15.9. The molecule has 2 rings (SSSR count). The number of amides is 1. The van der Waals surface area contributed by atoms with Crippen LogP contribution in [0.4, 0.5) is 20.2 Å². The van der Waals surface area contributed by atoms with Gasteiger partial charge in [0, 0.05) is 24.7 Å². The Labute approximate surface area is 126 Å². The van der Waals surface area contributed by atoms with E-state index in [1.165, 1.54) is 6.07 Å². The van der Waals surface area contributed by atoms with Gasteiger partial charge < -0.3 is 10.6 Å². The second kappa shape index (κ2) is 7.18. The van der Waals surface area contributed by atoms with Crippen LogP contribution < -0.4 is 10.6 Å². The normalized spacial score (nSPS) is 9.86. The predicted molar refractivity (Wildman–Crippen MR) is 79.3 cm³/mol. The zero-order valence-corrected chi connectivity index (χ0v) is 11.6. The van der Waals surface area contributed by atoms with Gasteiger partial charge in [-0.25, -0.2) is 8.78 Å². The van der Waals surface area contributed by atoms with Crippen LogP contribution in [0.15, 0.2) is 42.5 Å². The molecule has 0 saturated carbocycles. The zero-order valence-electron chi connectivity index (χ0n) is 11.6. The van der Waals surface area contributed by atoms with E-state index in [1.54, 1.807) is 24.3 Å². The predicted octanol–water partition coefficient (Wildman–Crippen LogP) is 3.28. The Morgan fingerprint density at radius 3 is 2.64 bits per heavy atom. The molecule has 0 radical (unpaired) electrons. The summed E-state index contributed by atoms with van der Waals surface area (Å²) in [7, 11) is 0. The summed E-state index contributed by atoms with van der Waals surface area (Å²) in [5.74, 6) is -2.32. The lowest BCUT2D eigenvalue weighted by molar-refractivity contribution is -0.115. The number of nitrogens with one attached hydrogen (secondary N) is 2. The third-order valence-electron chi connectivity index (χ3n) is 2.92. The summed E-state index contributed by atoms with van der Waals surface area (Å²) in [4.78, 5) is 11.7. The number of nitrogens with zero attached hydrogens (tertiary/aromatic N) is 1. The van der Waals surface area contributed by atoms with Crippen molar-refractivity contribution in [1.82, 2.24) is 0 Å². The highest BCUT2D eigenvalue weighted by atomic mass is 19.2. The number of carbonyl (C=O) groups excluding carboxylic acids is 1. The van der Waals surface area contributed by atoms with Gasteiger partial charge >= 0.3 is 0 Å². The van der Waals surface area contributed by atoms with Crippen molar-refractivity contribution in [2.24, 2.45) is 0 Å². The molecule has 0 aliphatic carbocycles. The van der Waals surface area contributed by atoms with E-state index < -0.39 is 11.6 Å². The molecule has 2 aromatic carbocycles. The van der Waals surface area contributed by atoms with Gasteiger partial charge in [-0.1, -0.05) is 12.1 Å². The Bertz CT molecular complexity index is 726. The van der Waals surface area contributed by atoms with Crippen molar-refractivity contribution in [3.8, 4) is 6.07 Å². The minimum absolute atomic E-state index is 0.124. The molecule has 0 atom stereocenters. The van der Waals surface area contributed by atoms with E-state index in [2.05, 4.69) is 10.6 Å². The van der Waals surface area contributed by atoms with Gasteiger partial charge in [0.2, 0.25) is 5.91 Å². The fourth-order valence-corrected chi connectivity index (χ4v) is 1.84. The van der Waals surface area contributed by atoms with E-state index >= 15 is 0 Å². The minimum atomic E-state index is -1.01. The van der Waals surface area contributed by atoms with Crippen molar-refractivity contribution >= 4 is 17.3 Å². The Morgan fingerprint density at radius 1 is 1.14 bits per heavy atom. The number of halogens is 2. The second-order valence-corrected chi connectivity index (χ2v) is 4.51. The van der Waals surface area contributed by atoms with Crippen LogP contribution in [0.1, 0.15) is 12.0 Å². The van der Waals surface area contributed by atoms with Crippen LogP contribution >= 0.6 is 0 Å². The average molecular weight is 301 g/mol. The SMILES string of the molecule is N#Cc1ccccc1NCCC(=O)Nc1ccc(F)c(F)c1. The van der Waals surface area contributed by atoms with Gasteiger partial charge in [-0.05, 0) is 24.3 Å². The first-order chi connectivity index (χ1) is 10.6. The molecule has 1 amide bonds. The molecule has 6 heteroatoms. The first-order valence-electron chi connectivity index (χ1n) is 6.58. The Morgan fingerprint density at radius 2 is 1.91 bits per heavy atom. The quantitative estimate of drug-likeness (QED) is 0.890. The number of nitriles is 1. The van der Waals surface area contributed by atoms with Gasteiger partial charge in [-0.15, -0.1) is 0 Å². The van der Waals surface area contributed by atoms with Gasteiger partial charge in [-0.2, -0.15) is 5.26 Å². The molecule has 0 spiro atoms. The number of benzene rings is 2. The summed E-state index contributed by atoms with van der Waals surface area (Å²) in [6, 6.07) is 12.1. The Kier molecular flexibility index (Phi) is 5.04. The van der Waals surface area contributed by atoms with E-state index in [4.69, 9.17) is 5.26 Å². The average Bonchev–Trinajstić information content (AvgIpc) is 2.51. The van der Waals surface area contributed by atoms with Crippen molar-refractivity contribution in [2.45, 2.75) is 6.42 Å². The first-order valence-corrected chi connectivity index (χ1v) is 6.58. The molecular weight excluding hydrogens is 288 g/mol. The molecule has 2 aromatic rings. The number of para-hydroxylation sites is 1. The van der Waals surface area contributed by atoms with E-state index in [0.29, 0.717) is 17.8 Å². The van der Waals surface area contributed by atoms with Crippen molar-refractivity contribution in [2.75, 3.05) is 17.2 Å². The van der Waals surface area contributed by atoms with E-state index in [-0.39, 0.29) is 18.0 Å². The van der Waals surface area contributed by atoms with Gasteiger partial charge in [0.15, 0.2) is 11.6 Å². The standard InChI is InChI=1S/C16H13F2N3O/c17-13-6-5-12(9-14(13)18)21-16(22)7-8-20-15-4-2-1-3-11(15)10-19/h1-6,9,20H,7-8H2,(H,21,22). The first kappa shape index (κ1) is 15.4. The van der Waals surface area contributed by atoms with Crippen LogP contribution in [0.25, 0.3) is 0 Å². The summed E-state index contributed by atoms with van der Waals surface area (Å²) in [5, 5.41) is 14.4. The molecule has 4 nitrogen and oxygen atoms in total. The van der Waals surface area contributed by atoms with Crippen LogP contribution in [0, 0.1) is 23.0 Å². The number of carbonyl (C=O) groups is 1. The molecule has 0 bridgehead atoms. The Hall–Kier alpha value is -2.94. The molecule has 0 saturated heterocycles. The summed E-state index contributed by atoms with van der Waals surface area (Å²) < 4.78 is 25.8. The van der Waals surface area contributed by atoms with Crippen LogP contribution in [-0.4, -0.2) is 12.5 Å². The minimum Gasteiger partial charge on any atom is -0.383 e. The summed E-state index contributed by atoms with van der Waals surface area (Å²) in [5.41, 5.74) is 1.33. The molecule has 0 fully saturated rings.